The summed E-state index contributed by atoms with van der Waals surface area (Å²) in [6, 6.07) is 9.28. The van der Waals surface area contributed by atoms with Crippen LogP contribution in [0.5, 0.6) is 0 Å². The zero-order chi connectivity index (χ0) is 20.0. The third-order valence-electron chi connectivity index (χ3n) is 3.88. The van der Waals surface area contributed by atoms with Gasteiger partial charge in [0.2, 0.25) is 0 Å². The van der Waals surface area contributed by atoms with E-state index in [4.69, 9.17) is 4.74 Å². The molecule has 0 saturated carbocycles. The standard InChI is InChI=1S/C20H30N4O3/c1-15(2)21-18(25)22-17(16-9-7-6-8-10-16)23-11-13-24(14-12-23)19(26)27-20(3,4)5/h6-10,15H,11-14H2,1-5H3,(H,21,25). The summed E-state index contributed by atoms with van der Waals surface area (Å²) in [5.41, 5.74) is 0.363. The van der Waals surface area contributed by atoms with Gasteiger partial charge in [-0.25, -0.2) is 9.59 Å². The van der Waals surface area contributed by atoms with Gasteiger partial charge in [-0.3, -0.25) is 0 Å². The maximum atomic E-state index is 12.3. The van der Waals surface area contributed by atoms with Gasteiger partial charge < -0.3 is 19.9 Å². The van der Waals surface area contributed by atoms with Gasteiger partial charge in [-0.05, 0) is 34.6 Å². The minimum atomic E-state index is -0.514. The van der Waals surface area contributed by atoms with Crippen molar-refractivity contribution in [2.75, 3.05) is 26.2 Å². The molecule has 148 valence electrons. The van der Waals surface area contributed by atoms with E-state index < -0.39 is 5.60 Å². The lowest BCUT2D eigenvalue weighted by Gasteiger charge is -2.37. The maximum absolute atomic E-state index is 12.3. The summed E-state index contributed by atoms with van der Waals surface area (Å²) in [5.74, 6) is 0.623. The number of rotatable bonds is 2. The first-order valence-electron chi connectivity index (χ1n) is 9.33. The molecule has 1 aliphatic heterocycles. The quantitative estimate of drug-likeness (QED) is 0.638. The Morgan fingerprint density at radius 1 is 1.04 bits per heavy atom. The van der Waals surface area contributed by atoms with Crippen molar-refractivity contribution in [2.24, 2.45) is 4.99 Å². The normalized spacial score (nSPS) is 15.7. The fourth-order valence-electron chi connectivity index (χ4n) is 2.71. The van der Waals surface area contributed by atoms with Crippen LogP contribution in [0.4, 0.5) is 9.59 Å². The fourth-order valence-corrected chi connectivity index (χ4v) is 2.71. The SMILES string of the molecule is CC(C)NC(=O)N=C(c1ccccc1)N1CCN(C(=O)OC(C)(C)C)CC1. The summed E-state index contributed by atoms with van der Waals surface area (Å²) >= 11 is 0. The van der Waals surface area contributed by atoms with Crippen LogP contribution in [0, 0.1) is 0 Å². The van der Waals surface area contributed by atoms with E-state index in [0.29, 0.717) is 32.0 Å². The monoisotopic (exact) mass is 374 g/mol. The molecule has 7 heteroatoms. The van der Waals surface area contributed by atoms with Gasteiger partial charge in [-0.1, -0.05) is 30.3 Å². The lowest BCUT2D eigenvalue weighted by molar-refractivity contribution is 0.0187. The third kappa shape index (κ3) is 6.58. The molecule has 0 unspecified atom stereocenters. The summed E-state index contributed by atoms with van der Waals surface area (Å²) in [7, 11) is 0. The number of piperazine rings is 1. The number of nitrogens with one attached hydrogen (secondary N) is 1. The van der Waals surface area contributed by atoms with E-state index in [0.717, 1.165) is 5.56 Å². The first-order chi connectivity index (χ1) is 12.7. The number of hydrogen-bond acceptors (Lipinski definition) is 3. The average Bonchev–Trinajstić information content (AvgIpc) is 2.58. The highest BCUT2D eigenvalue weighted by Crippen LogP contribution is 2.14. The predicted octanol–water partition coefficient (Wildman–Crippen LogP) is 3.10. The molecule has 1 aromatic rings. The molecule has 0 bridgehead atoms. The zero-order valence-electron chi connectivity index (χ0n) is 16.9. The molecule has 0 radical (unpaired) electrons. The number of aliphatic imine (C=N–C) groups is 1. The third-order valence-corrected chi connectivity index (χ3v) is 3.88. The van der Waals surface area contributed by atoms with Crippen LogP contribution in [-0.4, -0.2) is 65.6 Å². The minimum Gasteiger partial charge on any atom is -0.444 e. The smallest absolute Gasteiger partial charge is 0.410 e. The van der Waals surface area contributed by atoms with Crippen LogP contribution in [0.3, 0.4) is 0 Å². The Bertz CT molecular complexity index is 672. The Balaban J connectivity index is 2.11. The number of benzene rings is 1. The van der Waals surface area contributed by atoms with Crippen LogP contribution >= 0.6 is 0 Å². The Morgan fingerprint density at radius 3 is 2.11 bits per heavy atom. The van der Waals surface area contributed by atoms with E-state index in [-0.39, 0.29) is 18.2 Å². The van der Waals surface area contributed by atoms with Crippen molar-refractivity contribution in [2.45, 2.75) is 46.3 Å². The van der Waals surface area contributed by atoms with Gasteiger partial charge in [0.25, 0.3) is 0 Å². The second-order valence-corrected chi connectivity index (χ2v) is 7.86. The number of carbonyl (C=O) groups excluding carboxylic acids is 2. The van der Waals surface area contributed by atoms with Crippen LogP contribution in [-0.2, 0) is 4.74 Å². The largest absolute Gasteiger partial charge is 0.444 e. The lowest BCUT2D eigenvalue weighted by atomic mass is 10.1. The Kier molecular flexibility index (Phi) is 6.82. The lowest BCUT2D eigenvalue weighted by Crippen LogP contribution is -2.52. The first kappa shape index (κ1) is 20.7. The van der Waals surface area contributed by atoms with Crippen molar-refractivity contribution in [3.8, 4) is 0 Å². The van der Waals surface area contributed by atoms with Gasteiger partial charge in [0.05, 0.1) is 0 Å². The first-order valence-corrected chi connectivity index (χ1v) is 9.33. The van der Waals surface area contributed by atoms with Crippen molar-refractivity contribution >= 4 is 18.0 Å². The highest BCUT2D eigenvalue weighted by Gasteiger charge is 2.27. The number of ether oxygens (including phenoxy) is 1. The molecule has 1 aliphatic rings. The van der Waals surface area contributed by atoms with Crippen LogP contribution < -0.4 is 5.32 Å². The van der Waals surface area contributed by atoms with Crippen molar-refractivity contribution in [3.63, 3.8) is 0 Å². The average molecular weight is 374 g/mol. The maximum Gasteiger partial charge on any atom is 0.410 e. The molecule has 1 aromatic carbocycles. The molecule has 1 heterocycles. The van der Waals surface area contributed by atoms with E-state index in [1.54, 1.807) is 4.90 Å². The summed E-state index contributed by atoms with van der Waals surface area (Å²) < 4.78 is 5.44. The van der Waals surface area contributed by atoms with Crippen LogP contribution in [0.15, 0.2) is 35.3 Å². The summed E-state index contributed by atoms with van der Waals surface area (Å²) in [5, 5.41) is 2.80. The Morgan fingerprint density at radius 2 is 1.59 bits per heavy atom. The van der Waals surface area contributed by atoms with Gasteiger partial charge in [-0.2, -0.15) is 4.99 Å². The van der Waals surface area contributed by atoms with Gasteiger partial charge >= 0.3 is 12.1 Å². The van der Waals surface area contributed by atoms with Gasteiger partial charge in [-0.15, -0.1) is 0 Å². The molecule has 27 heavy (non-hydrogen) atoms. The molecular formula is C20H30N4O3. The minimum absolute atomic E-state index is 0.0160. The predicted molar refractivity (Wildman–Crippen MR) is 106 cm³/mol. The van der Waals surface area contributed by atoms with Crippen molar-refractivity contribution < 1.29 is 14.3 Å². The molecule has 0 aromatic heterocycles. The Hall–Kier alpha value is -2.57. The topological polar surface area (TPSA) is 74.2 Å². The summed E-state index contributed by atoms with van der Waals surface area (Å²) in [4.78, 5) is 32.5. The van der Waals surface area contributed by atoms with Gasteiger partial charge in [0, 0.05) is 37.8 Å². The molecular weight excluding hydrogens is 344 g/mol. The summed E-state index contributed by atoms with van der Waals surface area (Å²) in [6.07, 6.45) is -0.307. The number of carbonyl (C=O) groups is 2. The van der Waals surface area contributed by atoms with E-state index >= 15 is 0 Å². The van der Waals surface area contributed by atoms with Gasteiger partial charge in [0.15, 0.2) is 0 Å². The van der Waals surface area contributed by atoms with E-state index in [1.807, 2.05) is 69.9 Å². The number of amides is 3. The van der Waals surface area contributed by atoms with Crippen molar-refractivity contribution in [3.05, 3.63) is 35.9 Å². The van der Waals surface area contributed by atoms with E-state index in [9.17, 15) is 9.59 Å². The van der Waals surface area contributed by atoms with Crippen LogP contribution in [0.2, 0.25) is 0 Å². The van der Waals surface area contributed by atoms with Crippen molar-refractivity contribution in [1.29, 1.82) is 0 Å². The number of urea groups is 1. The van der Waals surface area contributed by atoms with Crippen LogP contribution in [0.25, 0.3) is 0 Å². The molecule has 1 N–H and O–H groups in total. The number of amidine groups is 1. The number of nitrogens with zero attached hydrogens (tertiary/aromatic N) is 3. The van der Waals surface area contributed by atoms with Gasteiger partial charge in [0.1, 0.15) is 11.4 Å². The Labute approximate surface area is 161 Å². The van der Waals surface area contributed by atoms with E-state index in [2.05, 4.69) is 10.3 Å². The molecule has 0 spiro atoms. The fraction of sp³-hybridized carbons (Fsp3) is 0.550. The highest BCUT2D eigenvalue weighted by atomic mass is 16.6. The van der Waals surface area contributed by atoms with Crippen molar-refractivity contribution in [1.82, 2.24) is 15.1 Å². The van der Waals surface area contributed by atoms with Crippen LogP contribution in [0.1, 0.15) is 40.2 Å². The van der Waals surface area contributed by atoms with E-state index in [1.165, 1.54) is 0 Å². The molecule has 2 rings (SSSR count). The summed E-state index contributed by atoms with van der Waals surface area (Å²) in [6.45, 7) is 11.6. The second kappa shape index (κ2) is 8.88. The number of hydrogen-bond donors (Lipinski definition) is 1. The molecule has 3 amide bonds. The zero-order valence-corrected chi connectivity index (χ0v) is 16.9. The molecule has 7 nitrogen and oxygen atoms in total. The molecule has 0 aliphatic carbocycles. The molecule has 0 atom stereocenters. The molecule has 1 fully saturated rings. The highest BCUT2D eigenvalue weighted by molar-refractivity contribution is 6.04. The molecule has 1 saturated heterocycles. The second-order valence-electron chi connectivity index (χ2n) is 7.86.